The molecule has 0 spiro atoms. The Morgan fingerprint density at radius 1 is 1.08 bits per heavy atom. The lowest BCUT2D eigenvalue weighted by Crippen LogP contribution is -2.23. The van der Waals surface area contributed by atoms with Crippen molar-refractivity contribution in [2.45, 2.75) is 13.0 Å². The number of hydrogen-bond donors (Lipinski definition) is 1. The van der Waals surface area contributed by atoms with Gasteiger partial charge in [0, 0.05) is 17.7 Å². The van der Waals surface area contributed by atoms with Gasteiger partial charge in [0.05, 0.1) is 45.9 Å². The predicted molar refractivity (Wildman–Crippen MR) is 93.0 cm³/mol. The Morgan fingerprint density at radius 3 is 2.32 bits per heavy atom. The number of hydrogen-bond acceptors (Lipinski definition) is 5. The number of amides is 1. The Hall–Kier alpha value is -3.20. The third-order valence-electron chi connectivity index (χ3n) is 3.72. The Kier molecular flexibility index (Phi) is 6.24. The monoisotopic (exact) mass is 340 g/mol. The second kappa shape index (κ2) is 8.60. The molecule has 1 amide bonds. The van der Waals surface area contributed by atoms with E-state index in [2.05, 4.69) is 11.4 Å². The summed E-state index contributed by atoms with van der Waals surface area (Å²) < 4.78 is 16.0. The fraction of sp³-hybridized carbons (Fsp3) is 0.263. The summed E-state index contributed by atoms with van der Waals surface area (Å²) >= 11 is 0. The van der Waals surface area contributed by atoms with E-state index >= 15 is 0 Å². The van der Waals surface area contributed by atoms with Gasteiger partial charge in [-0.15, -0.1) is 0 Å². The van der Waals surface area contributed by atoms with Crippen LogP contribution in [0.3, 0.4) is 0 Å². The minimum atomic E-state index is -0.236. The van der Waals surface area contributed by atoms with Crippen LogP contribution in [0, 0.1) is 11.3 Å². The molecule has 2 rings (SSSR count). The summed E-state index contributed by atoms with van der Waals surface area (Å²) in [4.78, 5) is 12.4. The lowest BCUT2D eigenvalue weighted by Gasteiger charge is -2.15. The number of carbonyl (C=O) groups excluding carboxylic acids is 1. The first-order valence-electron chi connectivity index (χ1n) is 7.66. The quantitative estimate of drug-likeness (QED) is 0.838. The van der Waals surface area contributed by atoms with E-state index in [1.807, 2.05) is 6.07 Å². The topological polar surface area (TPSA) is 80.6 Å². The van der Waals surface area contributed by atoms with E-state index in [0.29, 0.717) is 28.4 Å². The zero-order valence-electron chi connectivity index (χ0n) is 14.5. The molecule has 0 aromatic heterocycles. The predicted octanol–water partition coefficient (Wildman–Crippen LogP) is 2.71. The van der Waals surface area contributed by atoms with Gasteiger partial charge in [-0.25, -0.2) is 0 Å². The van der Waals surface area contributed by atoms with Crippen LogP contribution in [0.25, 0.3) is 0 Å². The molecular weight excluding hydrogens is 320 g/mol. The zero-order valence-corrected chi connectivity index (χ0v) is 14.5. The number of carbonyl (C=O) groups is 1. The van der Waals surface area contributed by atoms with Crippen molar-refractivity contribution >= 4 is 5.91 Å². The fourth-order valence-electron chi connectivity index (χ4n) is 2.44. The third-order valence-corrected chi connectivity index (χ3v) is 3.72. The first-order chi connectivity index (χ1) is 12.1. The Bertz CT molecular complexity index is 771. The molecule has 0 saturated carbocycles. The van der Waals surface area contributed by atoms with E-state index in [0.717, 1.165) is 5.56 Å². The molecule has 25 heavy (non-hydrogen) atoms. The number of nitrogens with zero attached hydrogens (tertiary/aromatic N) is 1. The highest BCUT2D eigenvalue weighted by Crippen LogP contribution is 2.33. The van der Waals surface area contributed by atoms with Crippen LogP contribution >= 0.6 is 0 Å². The average Bonchev–Trinajstić information content (AvgIpc) is 2.65. The van der Waals surface area contributed by atoms with Crippen LogP contribution in [0.2, 0.25) is 0 Å². The van der Waals surface area contributed by atoms with E-state index < -0.39 is 0 Å². The van der Waals surface area contributed by atoms with Gasteiger partial charge in [-0.3, -0.25) is 4.79 Å². The van der Waals surface area contributed by atoms with Crippen LogP contribution in [0.15, 0.2) is 36.4 Å². The third kappa shape index (κ3) is 4.42. The lowest BCUT2D eigenvalue weighted by molar-refractivity contribution is 0.0950. The first-order valence-corrected chi connectivity index (χ1v) is 7.66. The highest BCUT2D eigenvalue weighted by Gasteiger charge is 2.15. The van der Waals surface area contributed by atoms with E-state index in [9.17, 15) is 4.79 Å². The van der Waals surface area contributed by atoms with Crippen molar-refractivity contribution in [1.29, 1.82) is 5.26 Å². The highest BCUT2D eigenvalue weighted by atomic mass is 16.5. The maximum absolute atomic E-state index is 12.4. The van der Waals surface area contributed by atoms with Crippen LogP contribution in [-0.4, -0.2) is 27.2 Å². The molecule has 6 nitrogen and oxygen atoms in total. The van der Waals surface area contributed by atoms with E-state index in [1.54, 1.807) is 51.7 Å². The molecule has 1 N–H and O–H groups in total. The summed E-state index contributed by atoms with van der Waals surface area (Å²) in [6.45, 7) is 0.234. The summed E-state index contributed by atoms with van der Waals surface area (Å²) in [6, 6.07) is 12.5. The van der Waals surface area contributed by atoms with Crippen molar-refractivity contribution in [2.75, 3.05) is 21.3 Å². The smallest absolute Gasteiger partial charge is 0.251 e. The second-order valence-corrected chi connectivity index (χ2v) is 5.23. The minimum Gasteiger partial charge on any atom is -0.496 e. The van der Waals surface area contributed by atoms with Crippen LogP contribution in [0.1, 0.15) is 21.5 Å². The summed E-state index contributed by atoms with van der Waals surface area (Å²) in [7, 11) is 4.65. The minimum absolute atomic E-state index is 0.234. The second-order valence-electron chi connectivity index (χ2n) is 5.23. The van der Waals surface area contributed by atoms with E-state index in [1.165, 1.54) is 0 Å². The standard InChI is InChI=1S/C19H20N2O4/c1-23-15-10-17(24-2)16(18(11-15)25-3)12-21-19(22)14-6-4-5-13(9-14)7-8-20/h4-6,9-11H,7,12H2,1-3H3,(H,21,22). The number of methoxy groups -OCH3 is 3. The molecule has 0 atom stereocenters. The zero-order chi connectivity index (χ0) is 18.2. The lowest BCUT2D eigenvalue weighted by atomic mass is 10.1. The molecule has 2 aromatic carbocycles. The number of nitriles is 1. The van der Waals surface area contributed by atoms with E-state index in [-0.39, 0.29) is 18.9 Å². The molecule has 0 bridgehead atoms. The van der Waals surface area contributed by atoms with Gasteiger partial charge in [-0.1, -0.05) is 12.1 Å². The molecule has 130 valence electrons. The summed E-state index contributed by atoms with van der Waals surface area (Å²) in [5, 5.41) is 11.6. The SMILES string of the molecule is COc1cc(OC)c(CNC(=O)c2cccc(CC#N)c2)c(OC)c1. The molecule has 6 heteroatoms. The van der Waals surface area contributed by atoms with Gasteiger partial charge in [0.1, 0.15) is 17.2 Å². The van der Waals surface area contributed by atoms with Crippen LogP contribution < -0.4 is 19.5 Å². The van der Waals surface area contributed by atoms with Crippen molar-refractivity contribution in [3.05, 3.63) is 53.1 Å². The van der Waals surface area contributed by atoms with Crippen molar-refractivity contribution in [3.63, 3.8) is 0 Å². The molecule has 0 aliphatic heterocycles. The number of benzene rings is 2. The van der Waals surface area contributed by atoms with Crippen LogP contribution in [0.5, 0.6) is 17.2 Å². The van der Waals surface area contributed by atoms with Gasteiger partial charge < -0.3 is 19.5 Å². The molecule has 0 heterocycles. The maximum atomic E-state index is 12.4. The van der Waals surface area contributed by atoms with Gasteiger partial charge in [0.2, 0.25) is 0 Å². The van der Waals surface area contributed by atoms with Gasteiger partial charge in [-0.2, -0.15) is 5.26 Å². The van der Waals surface area contributed by atoms with Crippen molar-refractivity contribution in [2.24, 2.45) is 0 Å². The average molecular weight is 340 g/mol. The Morgan fingerprint density at radius 2 is 1.76 bits per heavy atom. The van der Waals surface area contributed by atoms with Crippen molar-refractivity contribution in [1.82, 2.24) is 5.32 Å². The largest absolute Gasteiger partial charge is 0.496 e. The summed E-state index contributed by atoms with van der Waals surface area (Å²) in [5.74, 6) is 1.50. The van der Waals surface area contributed by atoms with Gasteiger partial charge in [-0.05, 0) is 17.7 Å². The molecule has 0 fully saturated rings. The summed E-state index contributed by atoms with van der Waals surface area (Å²) in [6.07, 6.45) is 0.265. The Labute approximate surface area is 146 Å². The highest BCUT2D eigenvalue weighted by molar-refractivity contribution is 5.94. The van der Waals surface area contributed by atoms with Crippen molar-refractivity contribution < 1.29 is 19.0 Å². The van der Waals surface area contributed by atoms with E-state index in [4.69, 9.17) is 19.5 Å². The molecular formula is C19H20N2O4. The number of ether oxygens (including phenoxy) is 3. The number of rotatable bonds is 7. The normalized spacial score (nSPS) is 9.84. The number of nitrogens with one attached hydrogen (secondary N) is 1. The maximum Gasteiger partial charge on any atom is 0.251 e. The van der Waals surface area contributed by atoms with Gasteiger partial charge >= 0.3 is 0 Å². The van der Waals surface area contributed by atoms with Gasteiger partial charge in [0.25, 0.3) is 5.91 Å². The molecule has 0 aliphatic carbocycles. The molecule has 0 radical (unpaired) electrons. The Balaban J connectivity index is 2.19. The molecule has 0 saturated heterocycles. The molecule has 0 unspecified atom stereocenters. The summed E-state index contributed by atoms with van der Waals surface area (Å²) in [5.41, 5.74) is 2.02. The fourth-order valence-corrected chi connectivity index (χ4v) is 2.44. The van der Waals surface area contributed by atoms with Crippen molar-refractivity contribution in [3.8, 4) is 23.3 Å². The first kappa shape index (κ1) is 18.1. The van der Waals surface area contributed by atoms with Crippen LogP contribution in [-0.2, 0) is 13.0 Å². The molecule has 2 aromatic rings. The molecule has 0 aliphatic rings. The van der Waals surface area contributed by atoms with Crippen LogP contribution in [0.4, 0.5) is 0 Å². The van der Waals surface area contributed by atoms with Gasteiger partial charge in [0.15, 0.2) is 0 Å².